The molecule has 0 aliphatic carbocycles. The zero-order chi connectivity index (χ0) is 24.2. The van der Waals surface area contributed by atoms with Crippen molar-refractivity contribution in [3.05, 3.63) is 95.7 Å². The van der Waals surface area contributed by atoms with E-state index in [1.807, 2.05) is 12.1 Å². The Morgan fingerprint density at radius 3 is 2.29 bits per heavy atom. The average molecular weight is 489 g/mol. The van der Waals surface area contributed by atoms with E-state index in [9.17, 15) is 21.6 Å². The highest BCUT2D eigenvalue weighted by atomic mass is 32.2. The smallest absolute Gasteiger partial charge is 0.329 e. The van der Waals surface area contributed by atoms with Crippen LogP contribution in [0, 0.1) is 0 Å². The Hall–Kier alpha value is -3.77. The highest BCUT2D eigenvalue weighted by Crippen LogP contribution is 2.27. The maximum absolute atomic E-state index is 12.9. The predicted molar refractivity (Wildman–Crippen MR) is 116 cm³/mol. The number of nitrogens with one attached hydrogen (secondary N) is 1. The van der Waals surface area contributed by atoms with E-state index in [-0.39, 0.29) is 10.7 Å². The number of hydrogen-bond donors (Lipinski definition) is 1. The molecular formula is C22H18F3N5O3S. The molecule has 0 radical (unpaired) electrons. The third kappa shape index (κ3) is 5.58. The van der Waals surface area contributed by atoms with Gasteiger partial charge in [0.2, 0.25) is 0 Å². The summed E-state index contributed by atoms with van der Waals surface area (Å²) in [6, 6.07) is 11.8. The lowest BCUT2D eigenvalue weighted by Gasteiger charge is -2.08. The van der Waals surface area contributed by atoms with Gasteiger partial charge < -0.3 is 9.84 Å². The first-order valence-electron chi connectivity index (χ1n) is 9.93. The van der Waals surface area contributed by atoms with Gasteiger partial charge in [0.15, 0.2) is 5.82 Å². The fourth-order valence-corrected chi connectivity index (χ4v) is 4.19. The Morgan fingerprint density at radius 2 is 1.65 bits per heavy atom. The number of aromatic nitrogens is 4. The van der Waals surface area contributed by atoms with Gasteiger partial charge in [0.05, 0.1) is 4.90 Å². The van der Waals surface area contributed by atoms with Gasteiger partial charge in [-0.2, -0.15) is 18.2 Å². The van der Waals surface area contributed by atoms with Crippen LogP contribution in [0.15, 0.2) is 76.7 Å². The van der Waals surface area contributed by atoms with Crippen LogP contribution in [0.1, 0.15) is 28.4 Å². The molecule has 1 N–H and O–H groups in total. The van der Waals surface area contributed by atoms with E-state index in [1.54, 1.807) is 24.5 Å². The molecule has 12 heteroatoms. The van der Waals surface area contributed by atoms with Crippen LogP contribution in [0.25, 0.3) is 12.2 Å². The van der Waals surface area contributed by atoms with Gasteiger partial charge in [0.1, 0.15) is 0 Å². The summed E-state index contributed by atoms with van der Waals surface area (Å²) in [6.45, 7) is 1.22. The summed E-state index contributed by atoms with van der Waals surface area (Å²) >= 11 is 0. The quantitative estimate of drug-likeness (QED) is 0.399. The summed E-state index contributed by atoms with van der Waals surface area (Å²) < 4.78 is 68.5. The molecule has 4 aromatic rings. The second-order valence-electron chi connectivity index (χ2n) is 7.17. The topological polar surface area (TPSA) is 103 Å². The molecular weight excluding hydrogens is 471 g/mol. The molecule has 0 saturated heterocycles. The molecule has 0 amide bonds. The fourth-order valence-electron chi connectivity index (χ4n) is 2.98. The van der Waals surface area contributed by atoms with Crippen molar-refractivity contribution in [1.29, 1.82) is 0 Å². The molecule has 8 nitrogen and oxygen atoms in total. The minimum Gasteiger partial charge on any atom is -0.329 e. The molecule has 0 saturated carbocycles. The van der Waals surface area contributed by atoms with Crippen LogP contribution < -0.4 is 5.32 Å². The van der Waals surface area contributed by atoms with Gasteiger partial charge in [-0.3, -0.25) is 4.98 Å². The van der Waals surface area contributed by atoms with E-state index in [1.165, 1.54) is 42.7 Å². The minimum atomic E-state index is -4.73. The number of hydrogen-bond acceptors (Lipinski definition) is 7. The van der Waals surface area contributed by atoms with E-state index in [0.29, 0.717) is 18.7 Å². The standard InChI is InChI=1S/C22H18F3N5O3S/c23-22(24,25)21-28-20(29-33-21)6-3-18-9-12-30(15-18)34(31,32)19-4-1-16(2-5-19)13-27-14-17-7-10-26-11-8-17/h1-12,15,27H,13-14H2. The zero-order valence-corrected chi connectivity index (χ0v) is 18.3. The number of alkyl halides is 3. The highest BCUT2D eigenvalue weighted by Gasteiger charge is 2.38. The van der Waals surface area contributed by atoms with E-state index >= 15 is 0 Å². The maximum Gasteiger partial charge on any atom is 0.471 e. The maximum atomic E-state index is 12.9. The highest BCUT2D eigenvalue weighted by molar-refractivity contribution is 7.90. The van der Waals surface area contributed by atoms with Crippen LogP contribution in [-0.2, 0) is 29.3 Å². The first kappa shape index (κ1) is 23.4. The molecule has 0 atom stereocenters. The Bertz CT molecular complexity index is 1380. The van der Waals surface area contributed by atoms with Crippen molar-refractivity contribution in [2.24, 2.45) is 0 Å². The number of pyridine rings is 1. The molecule has 0 spiro atoms. The molecule has 3 heterocycles. The minimum absolute atomic E-state index is 0.101. The van der Waals surface area contributed by atoms with Gasteiger partial charge in [-0.15, -0.1) is 0 Å². The van der Waals surface area contributed by atoms with Gasteiger partial charge >= 0.3 is 12.1 Å². The van der Waals surface area contributed by atoms with Gasteiger partial charge in [0, 0.05) is 37.9 Å². The van der Waals surface area contributed by atoms with E-state index < -0.39 is 22.1 Å². The summed E-state index contributed by atoms with van der Waals surface area (Å²) in [7, 11) is -3.84. The lowest BCUT2D eigenvalue weighted by molar-refractivity contribution is -0.159. The molecule has 0 bridgehead atoms. The third-order valence-corrected chi connectivity index (χ3v) is 6.36. The van der Waals surface area contributed by atoms with Crippen molar-refractivity contribution in [2.45, 2.75) is 24.2 Å². The Labute approximate surface area is 192 Å². The van der Waals surface area contributed by atoms with Gasteiger partial charge in [-0.05, 0) is 59.2 Å². The van der Waals surface area contributed by atoms with Crippen LogP contribution in [0.3, 0.4) is 0 Å². The van der Waals surface area contributed by atoms with Crippen LogP contribution >= 0.6 is 0 Å². The molecule has 0 aliphatic heterocycles. The summed E-state index contributed by atoms with van der Waals surface area (Å²) in [5, 5.41) is 6.50. The Morgan fingerprint density at radius 1 is 0.971 bits per heavy atom. The average Bonchev–Trinajstić information content (AvgIpc) is 3.49. The monoisotopic (exact) mass is 489 g/mol. The van der Waals surface area contributed by atoms with Gasteiger partial charge in [0.25, 0.3) is 10.0 Å². The van der Waals surface area contributed by atoms with Crippen LogP contribution in [0.5, 0.6) is 0 Å². The predicted octanol–water partition coefficient (Wildman–Crippen LogP) is 3.98. The number of rotatable bonds is 8. The van der Waals surface area contributed by atoms with Gasteiger partial charge in [-0.25, -0.2) is 12.4 Å². The van der Waals surface area contributed by atoms with Crippen molar-refractivity contribution in [3.8, 4) is 0 Å². The fraction of sp³-hybridized carbons (Fsp3) is 0.136. The van der Waals surface area contributed by atoms with E-state index in [0.717, 1.165) is 15.1 Å². The molecule has 0 unspecified atom stereocenters. The first-order chi connectivity index (χ1) is 16.2. The first-order valence-corrected chi connectivity index (χ1v) is 11.4. The number of nitrogens with zero attached hydrogens (tertiary/aromatic N) is 4. The number of halogens is 3. The summed E-state index contributed by atoms with van der Waals surface area (Å²) in [6.07, 6.45) is 3.95. The molecule has 1 aromatic carbocycles. The largest absolute Gasteiger partial charge is 0.471 e. The molecule has 0 aliphatic rings. The molecule has 4 rings (SSSR count). The normalized spacial score (nSPS) is 12.4. The van der Waals surface area contributed by atoms with Crippen LogP contribution in [-0.4, -0.2) is 27.5 Å². The second-order valence-corrected chi connectivity index (χ2v) is 9.01. The Kier molecular flexibility index (Phi) is 6.61. The SMILES string of the molecule is O=S(=O)(c1ccc(CNCc2ccncc2)cc1)n1ccc(C=Cc2noc(C(F)(F)F)n2)c1. The lowest BCUT2D eigenvalue weighted by Crippen LogP contribution is -2.13. The van der Waals surface area contributed by atoms with Crippen LogP contribution in [0.4, 0.5) is 13.2 Å². The second kappa shape index (κ2) is 9.61. The van der Waals surface area contributed by atoms with Crippen molar-refractivity contribution < 1.29 is 26.1 Å². The lowest BCUT2D eigenvalue weighted by atomic mass is 10.2. The molecule has 3 aromatic heterocycles. The van der Waals surface area contributed by atoms with Gasteiger partial charge in [-0.1, -0.05) is 17.3 Å². The summed E-state index contributed by atoms with van der Waals surface area (Å²) in [4.78, 5) is 7.29. The van der Waals surface area contributed by atoms with Crippen molar-refractivity contribution >= 4 is 22.2 Å². The van der Waals surface area contributed by atoms with E-state index in [2.05, 4.69) is 25.0 Å². The molecule has 34 heavy (non-hydrogen) atoms. The number of benzene rings is 1. The summed E-state index contributed by atoms with van der Waals surface area (Å²) in [5.74, 6) is -1.74. The van der Waals surface area contributed by atoms with Crippen molar-refractivity contribution in [1.82, 2.24) is 24.4 Å². The third-order valence-electron chi connectivity index (χ3n) is 4.71. The summed E-state index contributed by atoms with van der Waals surface area (Å²) in [5.41, 5.74) is 2.44. The van der Waals surface area contributed by atoms with Crippen molar-refractivity contribution in [3.63, 3.8) is 0 Å². The Balaban J connectivity index is 1.39. The van der Waals surface area contributed by atoms with Crippen LogP contribution in [0.2, 0.25) is 0 Å². The van der Waals surface area contributed by atoms with Crippen molar-refractivity contribution in [2.75, 3.05) is 0 Å². The zero-order valence-electron chi connectivity index (χ0n) is 17.5. The molecule has 0 fully saturated rings. The molecule has 176 valence electrons. The van der Waals surface area contributed by atoms with E-state index in [4.69, 9.17) is 0 Å².